The second-order valence-corrected chi connectivity index (χ2v) is 5.86. The second-order valence-electron chi connectivity index (χ2n) is 5.43. The average Bonchev–Trinajstić information content (AvgIpc) is 2.25. The summed E-state index contributed by atoms with van der Waals surface area (Å²) < 4.78 is 0. The van der Waals surface area contributed by atoms with Gasteiger partial charge in [0.05, 0.1) is 0 Å². The first-order valence-corrected chi connectivity index (χ1v) is 6.82. The van der Waals surface area contributed by atoms with Gasteiger partial charge in [-0.15, -0.1) is 0 Å². The molecule has 1 saturated carbocycles. The number of carbonyl (C=O) groups is 1. The highest BCUT2D eigenvalue weighted by Gasteiger charge is 2.39. The Balaban J connectivity index is 2.01. The van der Waals surface area contributed by atoms with E-state index in [2.05, 4.69) is 24.3 Å². The molecular weight excluding hydrogens is 262 g/mol. The van der Waals surface area contributed by atoms with Crippen molar-refractivity contribution in [1.29, 1.82) is 0 Å². The Morgan fingerprint density at radius 2 is 2.11 bits per heavy atom. The first-order valence-electron chi connectivity index (χ1n) is 6.45. The Hall–Kier alpha value is -1.26. The van der Waals surface area contributed by atoms with E-state index >= 15 is 0 Å². The summed E-state index contributed by atoms with van der Waals surface area (Å²) in [5.74, 6) is -0.123. The molecule has 1 fully saturated rings. The highest BCUT2D eigenvalue weighted by molar-refractivity contribution is 6.31. The summed E-state index contributed by atoms with van der Waals surface area (Å²) in [6.07, 6.45) is 3.47. The van der Waals surface area contributed by atoms with Crippen LogP contribution in [0.4, 0.5) is 5.69 Å². The van der Waals surface area contributed by atoms with Crippen LogP contribution < -0.4 is 11.1 Å². The van der Waals surface area contributed by atoms with Crippen LogP contribution in [0.25, 0.3) is 0 Å². The number of nitrogens with zero attached hydrogens (tertiary/aromatic N) is 1. The van der Waals surface area contributed by atoms with Crippen LogP contribution in [0.2, 0.25) is 5.02 Å². The summed E-state index contributed by atoms with van der Waals surface area (Å²) in [6.45, 7) is 0.658. The number of likely N-dealkylation sites (N-methyl/N-ethyl adjacent to an activating group) is 1. The average molecular weight is 282 g/mol. The fraction of sp³-hybridized carbons (Fsp3) is 0.500. The maximum atomic E-state index is 12.1. The van der Waals surface area contributed by atoms with E-state index in [0.29, 0.717) is 22.8 Å². The van der Waals surface area contributed by atoms with E-state index in [1.165, 1.54) is 6.42 Å². The van der Waals surface area contributed by atoms with E-state index in [1.807, 2.05) is 0 Å². The van der Waals surface area contributed by atoms with Gasteiger partial charge >= 0.3 is 0 Å². The van der Waals surface area contributed by atoms with Crippen LogP contribution in [0.1, 0.15) is 29.6 Å². The Bertz CT molecular complexity index is 463. The minimum atomic E-state index is -0.123. The van der Waals surface area contributed by atoms with Crippen molar-refractivity contribution in [2.24, 2.45) is 0 Å². The number of nitrogens with one attached hydrogen (secondary N) is 1. The largest absolute Gasteiger partial charge is 0.399 e. The first-order chi connectivity index (χ1) is 8.93. The number of hydrogen-bond donors (Lipinski definition) is 2. The van der Waals surface area contributed by atoms with Crippen molar-refractivity contribution in [3.05, 3.63) is 28.8 Å². The number of hydrogen-bond acceptors (Lipinski definition) is 3. The monoisotopic (exact) mass is 281 g/mol. The molecule has 0 aromatic heterocycles. The van der Waals surface area contributed by atoms with Gasteiger partial charge in [0.15, 0.2) is 0 Å². The quantitative estimate of drug-likeness (QED) is 0.832. The molecule has 1 aromatic rings. The second kappa shape index (κ2) is 5.39. The third-order valence-electron chi connectivity index (χ3n) is 3.99. The third-order valence-corrected chi connectivity index (χ3v) is 4.21. The normalized spacial score (nSPS) is 17.1. The van der Waals surface area contributed by atoms with Crippen molar-refractivity contribution in [2.45, 2.75) is 24.8 Å². The number of anilines is 1. The molecule has 1 aliphatic rings. The van der Waals surface area contributed by atoms with Crippen LogP contribution in [0.3, 0.4) is 0 Å². The standard InChI is InChI=1S/C14H20ClN3O/c1-18(2)14(4-3-5-14)9-17-13(19)10-6-11(15)8-12(16)7-10/h6-8H,3-5,9,16H2,1-2H3,(H,17,19). The third kappa shape index (κ3) is 3.01. The maximum absolute atomic E-state index is 12.1. The van der Waals surface area contributed by atoms with E-state index in [-0.39, 0.29) is 11.4 Å². The zero-order valence-electron chi connectivity index (χ0n) is 11.4. The number of amides is 1. The van der Waals surface area contributed by atoms with Crippen LogP contribution in [0.5, 0.6) is 0 Å². The fourth-order valence-electron chi connectivity index (χ4n) is 2.46. The molecule has 4 nitrogen and oxygen atoms in total. The zero-order chi connectivity index (χ0) is 14.0. The number of benzene rings is 1. The Morgan fingerprint density at radius 1 is 1.42 bits per heavy atom. The highest BCUT2D eigenvalue weighted by atomic mass is 35.5. The van der Waals surface area contributed by atoms with E-state index in [0.717, 1.165) is 12.8 Å². The Labute approximate surface area is 118 Å². The summed E-state index contributed by atoms with van der Waals surface area (Å²) in [7, 11) is 4.12. The van der Waals surface area contributed by atoms with E-state index in [4.69, 9.17) is 17.3 Å². The van der Waals surface area contributed by atoms with Crippen LogP contribution >= 0.6 is 11.6 Å². The minimum Gasteiger partial charge on any atom is -0.399 e. The number of halogens is 1. The van der Waals surface area contributed by atoms with Gasteiger partial charge in [0, 0.05) is 28.4 Å². The molecule has 3 N–H and O–H groups in total. The molecule has 0 atom stereocenters. The number of carbonyl (C=O) groups excluding carboxylic acids is 1. The molecule has 2 rings (SSSR count). The topological polar surface area (TPSA) is 58.4 Å². The van der Waals surface area contributed by atoms with Crippen molar-refractivity contribution < 1.29 is 4.79 Å². The summed E-state index contributed by atoms with van der Waals surface area (Å²) in [5.41, 5.74) is 6.82. The Morgan fingerprint density at radius 3 is 2.58 bits per heavy atom. The van der Waals surface area contributed by atoms with Gasteiger partial charge in [-0.3, -0.25) is 4.79 Å². The summed E-state index contributed by atoms with van der Waals surface area (Å²) in [5, 5.41) is 3.47. The molecular formula is C14H20ClN3O. The van der Waals surface area contributed by atoms with E-state index in [9.17, 15) is 4.79 Å². The Kier molecular flexibility index (Phi) is 4.02. The fourth-order valence-corrected chi connectivity index (χ4v) is 2.70. The predicted octanol–water partition coefficient (Wildman–Crippen LogP) is 2.14. The molecule has 5 heteroatoms. The molecule has 0 aliphatic heterocycles. The SMILES string of the molecule is CN(C)C1(CNC(=O)c2cc(N)cc(Cl)c2)CCC1. The van der Waals surface area contributed by atoms with Gasteiger partial charge in [-0.1, -0.05) is 11.6 Å². The van der Waals surface area contributed by atoms with Gasteiger partial charge < -0.3 is 16.0 Å². The maximum Gasteiger partial charge on any atom is 0.251 e. The van der Waals surface area contributed by atoms with E-state index in [1.54, 1.807) is 18.2 Å². The molecule has 0 unspecified atom stereocenters. The number of nitrogen functional groups attached to an aromatic ring is 1. The molecule has 0 spiro atoms. The van der Waals surface area contributed by atoms with Crippen molar-refractivity contribution >= 4 is 23.2 Å². The van der Waals surface area contributed by atoms with Crippen molar-refractivity contribution in [1.82, 2.24) is 10.2 Å². The molecule has 104 valence electrons. The molecule has 0 radical (unpaired) electrons. The molecule has 1 aromatic carbocycles. The van der Waals surface area contributed by atoms with Gasteiger partial charge in [-0.25, -0.2) is 0 Å². The van der Waals surface area contributed by atoms with Crippen LogP contribution in [0.15, 0.2) is 18.2 Å². The molecule has 0 saturated heterocycles. The predicted molar refractivity (Wildman–Crippen MR) is 78.5 cm³/mol. The van der Waals surface area contributed by atoms with Crippen LogP contribution in [0, 0.1) is 0 Å². The summed E-state index contributed by atoms with van der Waals surface area (Å²) >= 11 is 5.90. The lowest BCUT2D eigenvalue weighted by Crippen LogP contribution is -2.57. The smallest absolute Gasteiger partial charge is 0.251 e. The van der Waals surface area contributed by atoms with Gasteiger partial charge in [-0.05, 0) is 51.6 Å². The van der Waals surface area contributed by atoms with Gasteiger partial charge in [0.2, 0.25) is 0 Å². The molecule has 1 aliphatic carbocycles. The summed E-state index contributed by atoms with van der Waals surface area (Å²) in [4.78, 5) is 14.3. The van der Waals surface area contributed by atoms with Gasteiger partial charge in [0.1, 0.15) is 0 Å². The van der Waals surface area contributed by atoms with Crippen molar-refractivity contribution in [3.63, 3.8) is 0 Å². The number of nitrogens with two attached hydrogens (primary N) is 1. The number of rotatable bonds is 4. The lowest BCUT2D eigenvalue weighted by atomic mass is 9.75. The molecule has 0 heterocycles. The molecule has 19 heavy (non-hydrogen) atoms. The lowest BCUT2D eigenvalue weighted by Gasteiger charge is -2.47. The first kappa shape index (κ1) is 14.2. The molecule has 0 bridgehead atoms. The van der Waals surface area contributed by atoms with Crippen LogP contribution in [-0.2, 0) is 0 Å². The van der Waals surface area contributed by atoms with Gasteiger partial charge in [0.25, 0.3) is 5.91 Å². The van der Waals surface area contributed by atoms with Crippen LogP contribution in [-0.4, -0.2) is 37.0 Å². The van der Waals surface area contributed by atoms with E-state index < -0.39 is 0 Å². The highest BCUT2D eigenvalue weighted by Crippen LogP contribution is 2.35. The van der Waals surface area contributed by atoms with Gasteiger partial charge in [-0.2, -0.15) is 0 Å². The van der Waals surface area contributed by atoms with Crippen molar-refractivity contribution in [3.8, 4) is 0 Å². The summed E-state index contributed by atoms with van der Waals surface area (Å²) in [6, 6.07) is 4.91. The lowest BCUT2D eigenvalue weighted by molar-refractivity contribution is 0.0557. The van der Waals surface area contributed by atoms with Crippen molar-refractivity contribution in [2.75, 3.05) is 26.4 Å². The minimum absolute atomic E-state index is 0.111. The molecule has 1 amide bonds. The zero-order valence-corrected chi connectivity index (χ0v) is 12.1.